The van der Waals surface area contributed by atoms with Gasteiger partial charge >= 0.3 is 5.97 Å². The van der Waals surface area contributed by atoms with Crippen molar-refractivity contribution in [1.29, 1.82) is 0 Å². The van der Waals surface area contributed by atoms with Crippen LogP contribution < -0.4 is 5.73 Å². The monoisotopic (exact) mass is 129 g/mol. The van der Waals surface area contributed by atoms with Crippen LogP contribution in [0.2, 0.25) is 0 Å². The number of aliphatic carboxylic acids is 1. The van der Waals surface area contributed by atoms with E-state index in [1.807, 2.05) is 6.92 Å². The molecule has 0 aliphatic rings. The van der Waals surface area contributed by atoms with Gasteiger partial charge in [-0.25, -0.2) is 0 Å². The molecule has 0 rings (SSSR count). The van der Waals surface area contributed by atoms with Crippen LogP contribution in [0, 0.1) is 0 Å². The molecule has 0 bridgehead atoms. The van der Waals surface area contributed by atoms with Gasteiger partial charge < -0.3 is 10.8 Å². The Morgan fingerprint density at radius 1 is 1.89 bits per heavy atom. The summed E-state index contributed by atoms with van der Waals surface area (Å²) < 4.78 is 0. The summed E-state index contributed by atoms with van der Waals surface area (Å²) in [6.07, 6.45) is 4.03. The topological polar surface area (TPSA) is 63.3 Å². The molecule has 0 saturated heterocycles. The highest BCUT2D eigenvalue weighted by Gasteiger charge is 2.04. The van der Waals surface area contributed by atoms with E-state index in [1.165, 1.54) is 6.08 Å². The smallest absolute Gasteiger partial charge is 0.324 e. The summed E-state index contributed by atoms with van der Waals surface area (Å²) in [5, 5.41) is 8.23. The molecular formula is C6H11NO2. The SMILES string of the molecule is CC/C=C/[C@H](N)C(=O)O. The molecule has 3 nitrogen and oxygen atoms in total. The molecule has 0 saturated carbocycles. The standard InChI is InChI=1S/C6H11NO2/c1-2-3-4-5(7)6(8)9/h3-5H,2,7H2,1H3,(H,8,9)/b4-3+/t5-/m0/s1. The second-order valence-electron chi connectivity index (χ2n) is 1.70. The predicted octanol–water partition coefficient (Wildman–Crippen LogP) is 0.365. The molecule has 0 spiro atoms. The molecule has 3 heteroatoms. The molecular weight excluding hydrogens is 118 g/mol. The highest BCUT2D eigenvalue weighted by Crippen LogP contribution is 1.84. The minimum absolute atomic E-state index is 0.820. The van der Waals surface area contributed by atoms with E-state index in [1.54, 1.807) is 6.08 Å². The van der Waals surface area contributed by atoms with Gasteiger partial charge in [-0.05, 0) is 6.42 Å². The number of allylic oxidation sites excluding steroid dienone is 1. The van der Waals surface area contributed by atoms with Crippen molar-refractivity contribution < 1.29 is 9.90 Å². The van der Waals surface area contributed by atoms with Gasteiger partial charge in [-0.3, -0.25) is 4.79 Å². The van der Waals surface area contributed by atoms with Gasteiger partial charge in [0.1, 0.15) is 6.04 Å². The maximum Gasteiger partial charge on any atom is 0.324 e. The molecule has 9 heavy (non-hydrogen) atoms. The summed E-state index contributed by atoms with van der Waals surface area (Å²) in [6, 6.07) is -0.843. The van der Waals surface area contributed by atoms with E-state index < -0.39 is 12.0 Å². The molecule has 3 N–H and O–H groups in total. The Morgan fingerprint density at radius 2 is 2.44 bits per heavy atom. The van der Waals surface area contributed by atoms with E-state index >= 15 is 0 Å². The molecule has 0 heterocycles. The molecule has 0 aromatic heterocycles. The third-order valence-corrected chi connectivity index (χ3v) is 0.864. The van der Waals surface area contributed by atoms with Gasteiger partial charge in [0, 0.05) is 0 Å². The van der Waals surface area contributed by atoms with Crippen molar-refractivity contribution in [2.75, 3.05) is 0 Å². The second-order valence-corrected chi connectivity index (χ2v) is 1.70. The van der Waals surface area contributed by atoms with Gasteiger partial charge in [-0.1, -0.05) is 19.1 Å². The fourth-order valence-electron chi connectivity index (χ4n) is 0.365. The molecule has 52 valence electrons. The van der Waals surface area contributed by atoms with E-state index in [0.717, 1.165) is 6.42 Å². The van der Waals surface area contributed by atoms with Crippen LogP contribution >= 0.6 is 0 Å². The zero-order valence-corrected chi connectivity index (χ0v) is 5.37. The lowest BCUT2D eigenvalue weighted by Gasteiger charge is -1.95. The molecule has 0 aliphatic heterocycles. The van der Waals surface area contributed by atoms with Crippen LogP contribution in [0.1, 0.15) is 13.3 Å². The Labute approximate surface area is 54.2 Å². The van der Waals surface area contributed by atoms with Crippen molar-refractivity contribution in [1.82, 2.24) is 0 Å². The zero-order chi connectivity index (χ0) is 7.28. The van der Waals surface area contributed by atoms with Crippen LogP contribution in [0.25, 0.3) is 0 Å². The van der Waals surface area contributed by atoms with Gasteiger partial charge in [0.15, 0.2) is 0 Å². The Balaban J connectivity index is 3.62. The first-order chi connectivity index (χ1) is 4.18. The molecule has 0 unspecified atom stereocenters. The lowest BCUT2D eigenvalue weighted by Crippen LogP contribution is -2.27. The number of nitrogens with two attached hydrogens (primary N) is 1. The highest BCUT2D eigenvalue weighted by molar-refractivity contribution is 5.75. The molecule has 1 atom stereocenters. The lowest BCUT2D eigenvalue weighted by atomic mass is 10.3. The van der Waals surface area contributed by atoms with Crippen LogP contribution in [0.3, 0.4) is 0 Å². The Hall–Kier alpha value is -0.830. The average Bonchev–Trinajstić information content (AvgIpc) is 1.82. The second kappa shape index (κ2) is 4.09. The summed E-state index contributed by atoms with van der Waals surface area (Å²) >= 11 is 0. The zero-order valence-electron chi connectivity index (χ0n) is 5.37. The van der Waals surface area contributed by atoms with Gasteiger partial charge in [-0.15, -0.1) is 0 Å². The summed E-state index contributed by atoms with van der Waals surface area (Å²) in [6.45, 7) is 1.92. The van der Waals surface area contributed by atoms with Crippen molar-refractivity contribution in [2.45, 2.75) is 19.4 Å². The Kier molecular flexibility index (Phi) is 3.71. The van der Waals surface area contributed by atoms with E-state index in [-0.39, 0.29) is 0 Å². The largest absolute Gasteiger partial charge is 0.480 e. The third kappa shape index (κ3) is 3.73. The normalized spacial score (nSPS) is 14.0. The molecule has 0 aliphatic carbocycles. The molecule has 0 aromatic carbocycles. The maximum atomic E-state index is 10.0. The average molecular weight is 129 g/mol. The van der Waals surface area contributed by atoms with E-state index in [2.05, 4.69) is 0 Å². The fourth-order valence-corrected chi connectivity index (χ4v) is 0.365. The van der Waals surface area contributed by atoms with Crippen LogP contribution in [0.15, 0.2) is 12.2 Å². The van der Waals surface area contributed by atoms with Crippen LogP contribution in [0.4, 0.5) is 0 Å². The third-order valence-electron chi connectivity index (χ3n) is 0.864. The van der Waals surface area contributed by atoms with E-state index in [0.29, 0.717) is 0 Å². The molecule has 0 fully saturated rings. The van der Waals surface area contributed by atoms with Crippen LogP contribution in [-0.2, 0) is 4.79 Å². The Bertz CT molecular complexity index is 120. The summed E-state index contributed by atoms with van der Waals surface area (Å²) in [7, 11) is 0. The van der Waals surface area contributed by atoms with Gasteiger partial charge in [-0.2, -0.15) is 0 Å². The minimum Gasteiger partial charge on any atom is -0.480 e. The number of carbonyl (C=O) groups is 1. The predicted molar refractivity (Wildman–Crippen MR) is 35.0 cm³/mol. The highest BCUT2D eigenvalue weighted by atomic mass is 16.4. The molecule has 0 aromatic rings. The van der Waals surface area contributed by atoms with Crippen molar-refractivity contribution in [2.24, 2.45) is 5.73 Å². The van der Waals surface area contributed by atoms with Crippen LogP contribution in [-0.4, -0.2) is 17.1 Å². The first kappa shape index (κ1) is 8.17. The molecule has 0 radical (unpaired) electrons. The van der Waals surface area contributed by atoms with Gasteiger partial charge in [0.2, 0.25) is 0 Å². The number of carboxylic acid groups (broad SMARTS) is 1. The van der Waals surface area contributed by atoms with Crippen molar-refractivity contribution >= 4 is 5.97 Å². The van der Waals surface area contributed by atoms with Crippen molar-refractivity contribution in [3.8, 4) is 0 Å². The Morgan fingerprint density at radius 3 is 2.78 bits per heavy atom. The van der Waals surface area contributed by atoms with Gasteiger partial charge in [0.05, 0.1) is 0 Å². The lowest BCUT2D eigenvalue weighted by molar-refractivity contribution is -0.137. The summed E-state index contributed by atoms with van der Waals surface area (Å²) in [5.41, 5.74) is 5.12. The van der Waals surface area contributed by atoms with E-state index in [4.69, 9.17) is 10.8 Å². The first-order valence-corrected chi connectivity index (χ1v) is 2.83. The summed E-state index contributed by atoms with van der Waals surface area (Å²) in [4.78, 5) is 10.0. The number of hydrogen-bond acceptors (Lipinski definition) is 2. The fraction of sp³-hybridized carbons (Fsp3) is 0.500. The van der Waals surface area contributed by atoms with Crippen LogP contribution in [0.5, 0.6) is 0 Å². The van der Waals surface area contributed by atoms with E-state index in [9.17, 15) is 4.79 Å². The number of rotatable bonds is 3. The summed E-state index contributed by atoms with van der Waals surface area (Å²) in [5.74, 6) is -0.986. The van der Waals surface area contributed by atoms with Gasteiger partial charge in [0.25, 0.3) is 0 Å². The van der Waals surface area contributed by atoms with Crippen molar-refractivity contribution in [3.05, 3.63) is 12.2 Å². The van der Waals surface area contributed by atoms with Crippen molar-refractivity contribution in [3.63, 3.8) is 0 Å². The minimum atomic E-state index is -0.986. The maximum absolute atomic E-state index is 10.0. The molecule has 0 amide bonds. The first-order valence-electron chi connectivity index (χ1n) is 2.83. The number of carboxylic acids is 1. The quantitative estimate of drug-likeness (QED) is 0.541. The number of hydrogen-bond donors (Lipinski definition) is 2.